The summed E-state index contributed by atoms with van der Waals surface area (Å²) in [5, 5.41) is 10.7. The van der Waals surface area contributed by atoms with Gasteiger partial charge in [0, 0.05) is 5.69 Å². The summed E-state index contributed by atoms with van der Waals surface area (Å²) in [6.45, 7) is 1.26. The van der Waals surface area contributed by atoms with Crippen LogP contribution >= 0.6 is 11.6 Å². The van der Waals surface area contributed by atoms with Crippen LogP contribution in [0.4, 0.5) is 0 Å². The highest BCUT2D eigenvalue weighted by atomic mass is 35.5. The van der Waals surface area contributed by atoms with E-state index in [0.29, 0.717) is 12.1 Å². The molecule has 0 saturated heterocycles. The molecule has 0 spiro atoms. The first-order valence-electron chi connectivity index (χ1n) is 4.87. The predicted octanol–water partition coefficient (Wildman–Crippen LogP) is 0.405. The van der Waals surface area contributed by atoms with Gasteiger partial charge in [-0.15, -0.1) is 0 Å². The van der Waals surface area contributed by atoms with E-state index in [1.54, 1.807) is 6.92 Å². The van der Waals surface area contributed by atoms with E-state index >= 15 is 0 Å². The molecule has 1 heterocycles. The molecule has 6 nitrogen and oxygen atoms in total. The number of aromatic nitrogens is 1. The molecule has 3 N–H and O–H groups in total. The molecule has 7 heteroatoms. The van der Waals surface area contributed by atoms with Gasteiger partial charge < -0.3 is 15.4 Å². The molecular weight excluding hydrogens is 248 g/mol. The standard InChI is InChI=1S/C10H11ClN2O4/c1-2-7-6(11)3-5(10(17)13-7)9(16)12-4-8(14)15/h3H,2,4H2,1H3,(H,12,16)(H,13,17)(H,14,15). The lowest BCUT2D eigenvalue weighted by Gasteiger charge is -2.05. The minimum atomic E-state index is -1.19. The SMILES string of the molecule is CCc1[nH]c(=O)c(C(=O)NCC(=O)O)cc1Cl. The third-order valence-electron chi connectivity index (χ3n) is 2.07. The van der Waals surface area contributed by atoms with Crippen LogP contribution < -0.4 is 10.9 Å². The first-order chi connectivity index (χ1) is 7.95. The van der Waals surface area contributed by atoms with Crippen LogP contribution in [0.25, 0.3) is 0 Å². The number of nitrogens with one attached hydrogen (secondary N) is 2. The number of hydrogen-bond acceptors (Lipinski definition) is 3. The van der Waals surface area contributed by atoms with Gasteiger partial charge in [0.1, 0.15) is 12.1 Å². The number of carbonyl (C=O) groups excluding carboxylic acids is 1. The Labute approximate surface area is 102 Å². The lowest BCUT2D eigenvalue weighted by molar-refractivity contribution is -0.135. The third-order valence-corrected chi connectivity index (χ3v) is 2.40. The monoisotopic (exact) mass is 258 g/mol. The molecule has 0 fully saturated rings. The van der Waals surface area contributed by atoms with Gasteiger partial charge in [-0.25, -0.2) is 0 Å². The Morgan fingerprint density at radius 1 is 1.53 bits per heavy atom. The maximum atomic E-state index is 11.5. The molecular formula is C10H11ClN2O4. The van der Waals surface area contributed by atoms with E-state index in [9.17, 15) is 14.4 Å². The molecule has 1 aromatic heterocycles. The topological polar surface area (TPSA) is 99.3 Å². The number of carboxylic acid groups (broad SMARTS) is 1. The number of aliphatic carboxylic acids is 1. The molecule has 0 radical (unpaired) electrons. The second-order valence-electron chi connectivity index (χ2n) is 3.27. The summed E-state index contributed by atoms with van der Waals surface area (Å²) in [5.74, 6) is -1.95. The van der Waals surface area contributed by atoms with Gasteiger partial charge >= 0.3 is 5.97 Å². The number of carboxylic acids is 1. The molecule has 17 heavy (non-hydrogen) atoms. The zero-order valence-electron chi connectivity index (χ0n) is 9.04. The summed E-state index contributed by atoms with van der Waals surface area (Å²) in [5.41, 5.74) is -0.256. The first-order valence-corrected chi connectivity index (χ1v) is 5.25. The van der Waals surface area contributed by atoms with E-state index in [1.807, 2.05) is 0 Å². The smallest absolute Gasteiger partial charge is 0.322 e. The van der Waals surface area contributed by atoms with Crippen LogP contribution in [-0.4, -0.2) is 28.5 Å². The zero-order chi connectivity index (χ0) is 13.0. The number of pyridine rings is 1. The number of amides is 1. The summed E-state index contributed by atoms with van der Waals surface area (Å²) < 4.78 is 0. The van der Waals surface area contributed by atoms with Crippen molar-refractivity contribution in [2.24, 2.45) is 0 Å². The first kappa shape index (κ1) is 13.2. The van der Waals surface area contributed by atoms with Crippen molar-refractivity contribution in [2.45, 2.75) is 13.3 Å². The third kappa shape index (κ3) is 3.32. The van der Waals surface area contributed by atoms with Crippen LogP contribution in [0, 0.1) is 0 Å². The van der Waals surface area contributed by atoms with Crippen LogP contribution in [0.5, 0.6) is 0 Å². The van der Waals surface area contributed by atoms with E-state index < -0.39 is 24.0 Å². The van der Waals surface area contributed by atoms with Crippen LogP contribution in [0.2, 0.25) is 5.02 Å². The number of rotatable bonds is 4. The van der Waals surface area contributed by atoms with Crippen LogP contribution in [0.15, 0.2) is 10.9 Å². The lowest BCUT2D eigenvalue weighted by atomic mass is 10.2. The Hall–Kier alpha value is -1.82. The summed E-state index contributed by atoms with van der Waals surface area (Å²) in [7, 11) is 0. The highest BCUT2D eigenvalue weighted by Crippen LogP contribution is 2.13. The van der Waals surface area contributed by atoms with E-state index in [-0.39, 0.29) is 10.6 Å². The van der Waals surface area contributed by atoms with Crippen LogP contribution in [0.1, 0.15) is 23.0 Å². The molecule has 0 aliphatic heterocycles. The Morgan fingerprint density at radius 3 is 2.71 bits per heavy atom. The summed E-state index contributed by atoms with van der Waals surface area (Å²) in [6, 6.07) is 1.23. The molecule has 1 aromatic rings. The summed E-state index contributed by atoms with van der Waals surface area (Å²) >= 11 is 5.84. The number of aromatic amines is 1. The maximum absolute atomic E-state index is 11.5. The fraction of sp³-hybridized carbons (Fsp3) is 0.300. The molecule has 1 amide bonds. The molecule has 0 atom stereocenters. The van der Waals surface area contributed by atoms with Crippen molar-refractivity contribution < 1.29 is 14.7 Å². The van der Waals surface area contributed by atoms with E-state index in [4.69, 9.17) is 16.7 Å². The minimum absolute atomic E-state index is 0.201. The van der Waals surface area contributed by atoms with Gasteiger partial charge in [-0.3, -0.25) is 14.4 Å². The van der Waals surface area contributed by atoms with Crippen molar-refractivity contribution in [1.82, 2.24) is 10.3 Å². The van der Waals surface area contributed by atoms with Crippen molar-refractivity contribution in [3.63, 3.8) is 0 Å². The van der Waals surface area contributed by atoms with Crippen molar-refractivity contribution in [3.05, 3.63) is 32.7 Å². The Balaban J connectivity index is 2.99. The summed E-state index contributed by atoms with van der Waals surface area (Å²) in [4.78, 5) is 35.7. The number of halogens is 1. The molecule has 1 rings (SSSR count). The normalized spacial score (nSPS) is 10.0. The van der Waals surface area contributed by atoms with Crippen LogP contribution in [-0.2, 0) is 11.2 Å². The van der Waals surface area contributed by atoms with Crippen molar-refractivity contribution in [3.8, 4) is 0 Å². The molecule has 0 bridgehead atoms. The Bertz CT molecular complexity index is 510. The molecule has 0 unspecified atom stereocenters. The van der Waals surface area contributed by atoms with Crippen LogP contribution in [0.3, 0.4) is 0 Å². The van der Waals surface area contributed by atoms with Gasteiger partial charge in [0.25, 0.3) is 11.5 Å². The van der Waals surface area contributed by atoms with E-state index in [0.717, 1.165) is 0 Å². The predicted molar refractivity (Wildman–Crippen MR) is 61.4 cm³/mol. The van der Waals surface area contributed by atoms with Gasteiger partial charge in [0.05, 0.1) is 5.02 Å². The second kappa shape index (κ2) is 5.49. The van der Waals surface area contributed by atoms with E-state index in [1.165, 1.54) is 6.07 Å². The fourth-order valence-electron chi connectivity index (χ4n) is 1.22. The Morgan fingerprint density at radius 2 is 2.18 bits per heavy atom. The number of H-pyrrole nitrogens is 1. The van der Waals surface area contributed by atoms with Crippen molar-refractivity contribution >= 4 is 23.5 Å². The van der Waals surface area contributed by atoms with Gasteiger partial charge in [-0.1, -0.05) is 18.5 Å². The second-order valence-corrected chi connectivity index (χ2v) is 3.68. The highest BCUT2D eigenvalue weighted by Gasteiger charge is 2.13. The van der Waals surface area contributed by atoms with Gasteiger partial charge in [-0.2, -0.15) is 0 Å². The minimum Gasteiger partial charge on any atom is -0.480 e. The molecule has 0 saturated carbocycles. The quantitative estimate of drug-likeness (QED) is 0.728. The molecule has 92 valence electrons. The highest BCUT2D eigenvalue weighted by molar-refractivity contribution is 6.31. The number of carbonyl (C=O) groups is 2. The molecule has 0 aliphatic rings. The van der Waals surface area contributed by atoms with E-state index in [2.05, 4.69) is 10.3 Å². The van der Waals surface area contributed by atoms with Gasteiger partial charge in [-0.05, 0) is 12.5 Å². The fourth-order valence-corrected chi connectivity index (χ4v) is 1.51. The number of aryl methyl sites for hydroxylation is 1. The molecule has 0 aliphatic carbocycles. The average Bonchev–Trinajstić information content (AvgIpc) is 2.28. The lowest BCUT2D eigenvalue weighted by Crippen LogP contribution is -2.33. The van der Waals surface area contributed by atoms with Gasteiger partial charge in [0.2, 0.25) is 0 Å². The largest absolute Gasteiger partial charge is 0.480 e. The summed E-state index contributed by atoms with van der Waals surface area (Å²) in [6.07, 6.45) is 0.533. The average molecular weight is 259 g/mol. The number of hydrogen-bond donors (Lipinski definition) is 3. The van der Waals surface area contributed by atoms with Crippen molar-refractivity contribution in [2.75, 3.05) is 6.54 Å². The van der Waals surface area contributed by atoms with Crippen molar-refractivity contribution in [1.29, 1.82) is 0 Å². The molecule has 0 aromatic carbocycles. The zero-order valence-corrected chi connectivity index (χ0v) is 9.80. The Kier molecular flexibility index (Phi) is 4.28. The maximum Gasteiger partial charge on any atom is 0.322 e. The van der Waals surface area contributed by atoms with Gasteiger partial charge in [0.15, 0.2) is 0 Å².